The fraction of sp³-hybridized carbons (Fsp3) is 0.381. The second-order valence-corrected chi connectivity index (χ2v) is 6.85. The van der Waals surface area contributed by atoms with Gasteiger partial charge < -0.3 is 24.3 Å². The van der Waals surface area contributed by atoms with Crippen molar-refractivity contribution in [2.24, 2.45) is 0 Å². The van der Waals surface area contributed by atoms with Gasteiger partial charge in [-0.15, -0.1) is 0 Å². The third-order valence-corrected chi connectivity index (χ3v) is 4.86. The van der Waals surface area contributed by atoms with Gasteiger partial charge in [-0.3, -0.25) is 4.79 Å². The van der Waals surface area contributed by atoms with Crippen LogP contribution in [0.15, 0.2) is 42.5 Å². The third kappa shape index (κ3) is 3.94. The van der Waals surface area contributed by atoms with Gasteiger partial charge in [0, 0.05) is 24.6 Å². The van der Waals surface area contributed by atoms with Gasteiger partial charge in [0.05, 0.1) is 7.11 Å². The fourth-order valence-electron chi connectivity index (χ4n) is 3.48. The molecule has 2 aliphatic rings. The van der Waals surface area contributed by atoms with Gasteiger partial charge in [0.1, 0.15) is 11.5 Å². The van der Waals surface area contributed by atoms with Gasteiger partial charge >= 0.3 is 0 Å². The van der Waals surface area contributed by atoms with E-state index in [9.17, 15) is 4.79 Å². The van der Waals surface area contributed by atoms with Crippen LogP contribution in [0.4, 0.5) is 5.69 Å². The maximum Gasteiger partial charge on any atom is 0.262 e. The molecule has 6 nitrogen and oxygen atoms in total. The quantitative estimate of drug-likeness (QED) is 0.858. The van der Waals surface area contributed by atoms with Crippen molar-refractivity contribution in [3.05, 3.63) is 42.5 Å². The standard InChI is InChI=1S/C21H23NO5/c1-24-16-6-8-17(9-7-16)25-14-20(23)22-15-5-10-18-19(13-15)27-21(26-18)11-3-2-4-12-21/h5-10,13H,2-4,11-12,14H2,1H3,(H,22,23). The minimum absolute atomic E-state index is 0.0787. The molecule has 0 aromatic heterocycles. The molecule has 1 aliphatic heterocycles. The van der Waals surface area contributed by atoms with E-state index in [1.165, 1.54) is 6.42 Å². The summed E-state index contributed by atoms with van der Waals surface area (Å²) in [5.74, 6) is 2.02. The van der Waals surface area contributed by atoms with Crippen molar-refractivity contribution in [3.8, 4) is 23.0 Å². The van der Waals surface area contributed by atoms with E-state index in [0.717, 1.165) is 37.2 Å². The van der Waals surface area contributed by atoms with Gasteiger partial charge in [0.2, 0.25) is 0 Å². The molecule has 27 heavy (non-hydrogen) atoms. The molecular formula is C21H23NO5. The van der Waals surface area contributed by atoms with Crippen LogP contribution >= 0.6 is 0 Å². The summed E-state index contributed by atoms with van der Waals surface area (Å²) >= 11 is 0. The van der Waals surface area contributed by atoms with E-state index in [4.69, 9.17) is 18.9 Å². The van der Waals surface area contributed by atoms with Gasteiger partial charge in [-0.1, -0.05) is 6.42 Å². The monoisotopic (exact) mass is 369 g/mol. The number of fused-ring (bicyclic) bond motifs is 1. The second kappa shape index (κ2) is 7.39. The average Bonchev–Trinajstić information content (AvgIpc) is 3.03. The lowest BCUT2D eigenvalue weighted by Crippen LogP contribution is -2.40. The summed E-state index contributed by atoms with van der Waals surface area (Å²) in [5, 5.41) is 2.83. The summed E-state index contributed by atoms with van der Waals surface area (Å²) in [6, 6.07) is 12.6. The van der Waals surface area contributed by atoms with Crippen LogP contribution in [0, 0.1) is 0 Å². The van der Waals surface area contributed by atoms with Gasteiger partial charge in [-0.05, 0) is 49.2 Å². The van der Waals surface area contributed by atoms with Gasteiger partial charge in [-0.2, -0.15) is 0 Å². The number of nitrogens with one attached hydrogen (secondary N) is 1. The average molecular weight is 369 g/mol. The van der Waals surface area contributed by atoms with Gasteiger partial charge in [0.15, 0.2) is 18.1 Å². The van der Waals surface area contributed by atoms with E-state index in [1.54, 1.807) is 31.4 Å². The maximum atomic E-state index is 12.2. The lowest BCUT2D eigenvalue weighted by molar-refractivity contribution is -0.118. The van der Waals surface area contributed by atoms with E-state index in [2.05, 4.69) is 5.32 Å². The van der Waals surface area contributed by atoms with Gasteiger partial charge in [-0.25, -0.2) is 0 Å². The Bertz CT molecular complexity index is 812. The van der Waals surface area contributed by atoms with E-state index in [-0.39, 0.29) is 12.5 Å². The molecule has 0 saturated heterocycles. The number of rotatable bonds is 5. The Labute approximate surface area is 158 Å². The van der Waals surface area contributed by atoms with Crippen LogP contribution in [-0.4, -0.2) is 25.4 Å². The Balaban J connectivity index is 1.33. The lowest BCUT2D eigenvalue weighted by Gasteiger charge is -2.31. The zero-order valence-corrected chi connectivity index (χ0v) is 15.3. The summed E-state index contributed by atoms with van der Waals surface area (Å²) in [4.78, 5) is 12.2. The summed E-state index contributed by atoms with van der Waals surface area (Å²) in [7, 11) is 1.60. The predicted octanol–water partition coefficient (Wildman–Crippen LogP) is 4.14. The fourth-order valence-corrected chi connectivity index (χ4v) is 3.48. The highest BCUT2D eigenvalue weighted by molar-refractivity contribution is 5.92. The first-order chi connectivity index (χ1) is 13.2. The maximum absolute atomic E-state index is 12.2. The molecule has 1 saturated carbocycles. The number of hydrogen-bond donors (Lipinski definition) is 1. The Hall–Kier alpha value is -2.89. The van der Waals surface area contributed by atoms with Crippen molar-refractivity contribution >= 4 is 11.6 Å². The summed E-state index contributed by atoms with van der Waals surface area (Å²) < 4.78 is 22.7. The molecule has 1 heterocycles. The molecule has 4 rings (SSSR count). The zero-order chi connectivity index (χ0) is 18.7. The lowest BCUT2D eigenvalue weighted by atomic mass is 9.94. The van der Waals surface area contributed by atoms with Crippen LogP contribution in [0.2, 0.25) is 0 Å². The van der Waals surface area contributed by atoms with Crippen molar-refractivity contribution in [1.82, 2.24) is 0 Å². The van der Waals surface area contributed by atoms with Crippen molar-refractivity contribution < 1.29 is 23.7 Å². The largest absolute Gasteiger partial charge is 0.497 e. The molecule has 2 aromatic rings. The Morgan fingerprint density at radius 1 is 1.00 bits per heavy atom. The van der Waals surface area contributed by atoms with Crippen LogP contribution in [0.1, 0.15) is 32.1 Å². The molecule has 1 N–H and O–H groups in total. The molecule has 1 fully saturated rings. The number of ether oxygens (including phenoxy) is 4. The first kappa shape index (κ1) is 17.5. The van der Waals surface area contributed by atoms with E-state index >= 15 is 0 Å². The topological polar surface area (TPSA) is 66.0 Å². The predicted molar refractivity (Wildman–Crippen MR) is 101 cm³/mol. The second-order valence-electron chi connectivity index (χ2n) is 6.85. The molecule has 142 valence electrons. The van der Waals surface area contributed by atoms with E-state index in [1.807, 2.05) is 18.2 Å². The molecule has 1 aliphatic carbocycles. The third-order valence-electron chi connectivity index (χ3n) is 4.86. The van der Waals surface area contributed by atoms with E-state index in [0.29, 0.717) is 17.2 Å². The highest BCUT2D eigenvalue weighted by Gasteiger charge is 2.42. The molecule has 2 aromatic carbocycles. The van der Waals surface area contributed by atoms with Crippen LogP contribution in [0.3, 0.4) is 0 Å². The summed E-state index contributed by atoms with van der Waals surface area (Å²) in [5.41, 5.74) is 0.661. The number of anilines is 1. The molecule has 0 radical (unpaired) electrons. The molecule has 6 heteroatoms. The first-order valence-corrected chi connectivity index (χ1v) is 9.25. The Kier molecular flexibility index (Phi) is 4.79. The smallest absolute Gasteiger partial charge is 0.262 e. The van der Waals surface area contributed by atoms with Crippen molar-refractivity contribution in [2.45, 2.75) is 37.9 Å². The molecule has 0 atom stereocenters. The number of methoxy groups -OCH3 is 1. The highest BCUT2D eigenvalue weighted by Crippen LogP contribution is 2.46. The number of carbonyl (C=O) groups excluding carboxylic acids is 1. The molecule has 1 spiro atoms. The van der Waals surface area contributed by atoms with Crippen LogP contribution < -0.4 is 24.3 Å². The van der Waals surface area contributed by atoms with E-state index < -0.39 is 5.79 Å². The molecule has 0 unspecified atom stereocenters. The minimum Gasteiger partial charge on any atom is -0.497 e. The Morgan fingerprint density at radius 2 is 1.70 bits per heavy atom. The zero-order valence-electron chi connectivity index (χ0n) is 15.3. The van der Waals surface area contributed by atoms with Crippen molar-refractivity contribution in [1.29, 1.82) is 0 Å². The van der Waals surface area contributed by atoms with Crippen LogP contribution in [0.25, 0.3) is 0 Å². The number of carbonyl (C=O) groups is 1. The normalized spacial score (nSPS) is 16.8. The highest BCUT2D eigenvalue weighted by atomic mass is 16.7. The number of hydrogen-bond acceptors (Lipinski definition) is 5. The summed E-state index contributed by atoms with van der Waals surface area (Å²) in [6.07, 6.45) is 5.25. The Morgan fingerprint density at radius 3 is 2.44 bits per heavy atom. The SMILES string of the molecule is COc1ccc(OCC(=O)Nc2ccc3c(c2)OC2(CCCCC2)O3)cc1. The molecular weight excluding hydrogens is 346 g/mol. The van der Waals surface area contributed by atoms with Crippen LogP contribution in [0.5, 0.6) is 23.0 Å². The van der Waals surface area contributed by atoms with Crippen molar-refractivity contribution in [2.75, 3.05) is 19.0 Å². The minimum atomic E-state index is -0.513. The van der Waals surface area contributed by atoms with Crippen LogP contribution in [-0.2, 0) is 4.79 Å². The number of amides is 1. The molecule has 1 amide bonds. The summed E-state index contributed by atoms with van der Waals surface area (Å²) in [6.45, 7) is -0.0787. The first-order valence-electron chi connectivity index (χ1n) is 9.25. The number of benzene rings is 2. The van der Waals surface area contributed by atoms with Gasteiger partial charge in [0.25, 0.3) is 11.7 Å². The molecule has 0 bridgehead atoms. The van der Waals surface area contributed by atoms with Crippen molar-refractivity contribution in [3.63, 3.8) is 0 Å².